The fraction of sp³-hybridized carbons (Fsp3) is 0.182. The summed E-state index contributed by atoms with van der Waals surface area (Å²) < 4.78 is 14.7. The molecule has 8 heteroatoms. The van der Waals surface area contributed by atoms with Crippen LogP contribution in [0, 0.1) is 5.82 Å². The lowest BCUT2D eigenvalue weighted by Crippen LogP contribution is -2.01. The highest BCUT2D eigenvalue weighted by atomic mass is 32.1. The van der Waals surface area contributed by atoms with Crippen LogP contribution in [0.15, 0.2) is 18.2 Å². The third-order valence-electron chi connectivity index (χ3n) is 2.77. The molecule has 4 N–H and O–H groups in total. The van der Waals surface area contributed by atoms with Crippen LogP contribution in [0.4, 0.5) is 15.2 Å². The molecule has 0 bridgehead atoms. The van der Waals surface area contributed by atoms with Gasteiger partial charge in [-0.15, -0.1) is 15.3 Å². The third-order valence-corrected chi connectivity index (χ3v) is 3.50. The van der Waals surface area contributed by atoms with Gasteiger partial charge in [0.2, 0.25) is 10.1 Å². The minimum atomic E-state index is -0.402. The molecule has 0 aliphatic carbocycles. The minimum absolute atomic E-state index is 0.154. The molecule has 0 aliphatic rings. The van der Waals surface area contributed by atoms with Crippen molar-refractivity contribution in [2.45, 2.75) is 12.8 Å². The van der Waals surface area contributed by atoms with Gasteiger partial charge in [0.15, 0.2) is 5.82 Å². The lowest BCUT2D eigenvalue weighted by molar-refractivity contribution is 0.631. The molecule has 19 heavy (non-hydrogen) atoms. The van der Waals surface area contributed by atoms with E-state index in [1.807, 2.05) is 0 Å². The first-order valence-corrected chi connectivity index (χ1v) is 6.45. The van der Waals surface area contributed by atoms with E-state index >= 15 is 0 Å². The molecule has 2 aromatic heterocycles. The van der Waals surface area contributed by atoms with Gasteiger partial charge in [-0.2, -0.15) is 4.52 Å². The van der Waals surface area contributed by atoms with Crippen molar-refractivity contribution in [2.24, 2.45) is 0 Å². The standard InChI is InChI=1S/C11H11FN6S/c12-7-3-1-6(5-8(7)13)2-4-9-15-16-11-18(9)17-10(14)19-11/h1,3,5H,2,4,13H2,(H2,14,17). The molecule has 0 spiro atoms. The van der Waals surface area contributed by atoms with Gasteiger partial charge >= 0.3 is 0 Å². The fourth-order valence-electron chi connectivity index (χ4n) is 1.83. The summed E-state index contributed by atoms with van der Waals surface area (Å²) in [5, 5.41) is 12.6. The normalized spacial score (nSPS) is 11.2. The summed E-state index contributed by atoms with van der Waals surface area (Å²) in [6, 6.07) is 4.70. The molecule has 0 aliphatic heterocycles. The maximum atomic E-state index is 13.0. The molecular formula is C11H11FN6S. The number of hydrogen-bond donors (Lipinski definition) is 2. The topological polar surface area (TPSA) is 95.1 Å². The molecule has 3 rings (SSSR count). The number of fused-ring (bicyclic) bond motifs is 1. The molecule has 2 heterocycles. The Morgan fingerprint density at radius 1 is 1.21 bits per heavy atom. The highest BCUT2D eigenvalue weighted by molar-refractivity contribution is 7.20. The van der Waals surface area contributed by atoms with Crippen LogP contribution in [0.1, 0.15) is 11.4 Å². The summed E-state index contributed by atoms with van der Waals surface area (Å²) in [4.78, 5) is 0.672. The van der Waals surface area contributed by atoms with Gasteiger partial charge in [-0.3, -0.25) is 0 Å². The number of rotatable bonds is 3. The molecule has 0 amide bonds. The van der Waals surface area contributed by atoms with Crippen LogP contribution in [0.3, 0.4) is 0 Å². The van der Waals surface area contributed by atoms with E-state index in [0.717, 1.165) is 11.4 Å². The van der Waals surface area contributed by atoms with E-state index in [0.29, 0.717) is 22.9 Å². The smallest absolute Gasteiger partial charge is 0.236 e. The second-order valence-corrected chi connectivity index (χ2v) is 5.09. The van der Waals surface area contributed by atoms with Crippen LogP contribution in [0.5, 0.6) is 0 Å². The molecular weight excluding hydrogens is 267 g/mol. The SMILES string of the molecule is Nc1nn2c(CCc3ccc(F)c(N)c3)nnc2s1. The van der Waals surface area contributed by atoms with Gasteiger partial charge in [-0.1, -0.05) is 17.4 Å². The predicted octanol–water partition coefficient (Wildman–Crippen LogP) is 1.27. The molecule has 0 saturated carbocycles. The van der Waals surface area contributed by atoms with Gasteiger partial charge < -0.3 is 11.5 Å². The van der Waals surface area contributed by atoms with Crippen LogP contribution in [0.25, 0.3) is 4.96 Å². The zero-order valence-electron chi connectivity index (χ0n) is 9.88. The monoisotopic (exact) mass is 278 g/mol. The van der Waals surface area contributed by atoms with E-state index < -0.39 is 5.82 Å². The molecule has 1 aromatic carbocycles. The maximum Gasteiger partial charge on any atom is 0.236 e. The highest BCUT2D eigenvalue weighted by Gasteiger charge is 2.10. The lowest BCUT2D eigenvalue weighted by atomic mass is 10.1. The van der Waals surface area contributed by atoms with Gasteiger partial charge in [0.05, 0.1) is 5.69 Å². The van der Waals surface area contributed by atoms with Gasteiger partial charge in [-0.25, -0.2) is 4.39 Å². The van der Waals surface area contributed by atoms with Crippen molar-refractivity contribution >= 4 is 27.1 Å². The molecule has 3 aromatic rings. The first-order valence-electron chi connectivity index (χ1n) is 5.64. The van der Waals surface area contributed by atoms with E-state index in [2.05, 4.69) is 15.3 Å². The van der Waals surface area contributed by atoms with Gasteiger partial charge in [0, 0.05) is 6.42 Å². The van der Waals surface area contributed by atoms with Crippen molar-refractivity contribution in [2.75, 3.05) is 11.5 Å². The highest BCUT2D eigenvalue weighted by Crippen LogP contribution is 2.17. The second kappa shape index (κ2) is 4.47. The number of nitrogen functional groups attached to an aromatic ring is 2. The third kappa shape index (κ3) is 2.22. The Bertz CT molecular complexity index is 734. The molecule has 0 radical (unpaired) electrons. The van der Waals surface area contributed by atoms with E-state index in [1.165, 1.54) is 17.4 Å². The van der Waals surface area contributed by atoms with E-state index in [-0.39, 0.29) is 5.69 Å². The van der Waals surface area contributed by atoms with Crippen LogP contribution in [-0.2, 0) is 12.8 Å². The molecule has 98 valence electrons. The van der Waals surface area contributed by atoms with Crippen molar-refractivity contribution in [3.05, 3.63) is 35.4 Å². The zero-order valence-corrected chi connectivity index (χ0v) is 10.7. The second-order valence-electron chi connectivity index (χ2n) is 4.11. The van der Waals surface area contributed by atoms with Crippen LogP contribution >= 0.6 is 11.3 Å². The number of nitrogens with zero attached hydrogens (tertiary/aromatic N) is 4. The average molecular weight is 278 g/mol. The lowest BCUT2D eigenvalue weighted by Gasteiger charge is -2.02. The minimum Gasteiger partial charge on any atom is -0.396 e. The maximum absolute atomic E-state index is 13.0. The number of aryl methyl sites for hydroxylation is 2. The first kappa shape index (κ1) is 11.8. The van der Waals surface area contributed by atoms with Crippen LogP contribution < -0.4 is 11.5 Å². The molecule has 0 fully saturated rings. The fourth-order valence-corrected chi connectivity index (χ4v) is 2.46. The number of hydrogen-bond acceptors (Lipinski definition) is 6. The number of nitrogens with two attached hydrogens (primary N) is 2. The predicted molar refractivity (Wildman–Crippen MR) is 71.3 cm³/mol. The molecule has 0 saturated heterocycles. The van der Waals surface area contributed by atoms with Crippen molar-refractivity contribution in [1.82, 2.24) is 19.8 Å². The Hall–Kier alpha value is -2.22. The quantitative estimate of drug-likeness (QED) is 0.703. The summed E-state index contributed by atoms with van der Waals surface area (Å²) in [6.45, 7) is 0. The van der Waals surface area contributed by atoms with E-state index in [1.54, 1.807) is 16.6 Å². The van der Waals surface area contributed by atoms with Crippen molar-refractivity contribution in [3.8, 4) is 0 Å². The Labute approximate surface area is 111 Å². The number of anilines is 2. The van der Waals surface area contributed by atoms with Gasteiger partial charge in [-0.05, 0) is 24.1 Å². The van der Waals surface area contributed by atoms with E-state index in [9.17, 15) is 4.39 Å². The summed E-state index contributed by atoms with van der Waals surface area (Å²) in [7, 11) is 0. The number of halogens is 1. The number of benzene rings is 1. The largest absolute Gasteiger partial charge is 0.396 e. The van der Waals surface area contributed by atoms with Crippen molar-refractivity contribution < 1.29 is 4.39 Å². The first-order chi connectivity index (χ1) is 9.13. The zero-order chi connectivity index (χ0) is 13.4. The number of aromatic nitrogens is 4. The Morgan fingerprint density at radius 2 is 2.05 bits per heavy atom. The molecule has 0 unspecified atom stereocenters. The van der Waals surface area contributed by atoms with Gasteiger partial charge in [0.25, 0.3) is 0 Å². The Morgan fingerprint density at radius 3 is 2.84 bits per heavy atom. The Kier molecular flexibility index (Phi) is 2.79. The summed E-state index contributed by atoms with van der Waals surface area (Å²) in [5.41, 5.74) is 12.2. The summed E-state index contributed by atoms with van der Waals surface area (Å²) >= 11 is 1.29. The van der Waals surface area contributed by atoms with Crippen molar-refractivity contribution in [3.63, 3.8) is 0 Å². The molecule has 6 nitrogen and oxygen atoms in total. The van der Waals surface area contributed by atoms with Crippen LogP contribution in [0.2, 0.25) is 0 Å². The average Bonchev–Trinajstić information content (AvgIpc) is 2.90. The van der Waals surface area contributed by atoms with Gasteiger partial charge in [0.1, 0.15) is 5.82 Å². The van der Waals surface area contributed by atoms with Crippen LogP contribution in [-0.4, -0.2) is 19.8 Å². The Balaban J connectivity index is 1.79. The van der Waals surface area contributed by atoms with Crippen molar-refractivity contribution in [1.29, 1.82) is 0 Å². The summed E-state index contributed by atoms with van der Waals surface area (Å²) in [6.07, 6.45) is 1.32. The summed E-state index contributed by atoms with van der Waals surface area (Å²) in [5.74, 6) is 0.326. The molecule has 0 atom stereocenters. The van der Waals surface area contributed by atoms with E-state index in [4.69, 9.17) is 11.5 Å².